The molecule has 0 saturated carbocycles. The van der Waals surface area contributed by atoms with Gasteiger partial charge in [-0.1, -0.05) is 44.2 Å². The van der Waals surface area contributed by atoms with Crippen LogP contribution in [0.4, 0.5) is 0 Å². The third-order valence-corrected chi connectivity index (χ3v) is 5.71. The molecule has 27 heavy (non-hydrogen) atoms. The van der Waals surface area contributed by atoms with Gasteiger partial charge in [0.1, 0.15) is 0 Å². The fourth-order valence-corrected chi connectivity index (χ4v) is 4.09. The fraction of sp³-hybridized carbons (Fsp3) is 0.381. The second-order valence-electron chi connectivity index (χ2n) is 7.37. The van der Waals surface area contributed by atoms with E-state index in [0.717, 1.165) is 12.0 Å². The van der Waals surface area contributed by atoms with E-state index in [0.29, 0.717) is 11.5 Å². The van der Waals surface area contributed by atoms with E-state index in [4.69, 9.17) is 0 Å². The van der Waals surface area contributed by atoms with Gasteiger partial charge in [0.15, 0.2) is 0 Å². The zero-order chi connectivity index (χ0) is 20.0. The maximum absolute atomic E-state index is 12.7. The van der Waals surface area contributed by atoms with E-state index in [1.54, 1.807) is 26.0 Å². The molecule has 2 N–H and O–H groups in total. The summed E-state index contributed by atoms with van der Waals surface area (Å²) in [6.07, 6.45) is 0.820. The molecule has 0 aliphatic heterocycles. The summed E-state index contributed by atoms with van der Waals surface area (Å²) in [7, 11) is -3.57. The molecule has 0 saturated heterocycles. The van der Waals surface area contributed by atoms with E-state index in [2.05, 4.69) is 23.9 Å². The van der Waals surface area contributed by atoms with Crippen molar-refractivity contribution < 1.29 is 13.2 Å². The SMILES string of the molecule is CC(C)CC(NC(=O)c1ccc(S(=O)(=O)NC(C)C)cc1)c1ccccc1. The number of hydrogen-bond acceptors (Lipinski definition) is 3. The van der Waals surface area contributed by atoms with Crippen LogP contribution in [0.1, 0.15) is 56.1 Å². The highest BCUT2D eigenvalue weighted by Crippen LogP contribution is 2.22. The molecular weight excluding hydrogens is 360 g/mol. The summed E-state index contributed by atoms with van der Waals surface area (Å²) in [5.74, 6) is 0.204. The number of carbonyl (C=O) groups is 1. The molecule has 1 amide bonds. The monoisotopic (exact) mass is 388 g/mol. The van der Waals surface area contributed by atoms with Crippen LogP contribution in [0.5, 0.6) is 0 Å². The minimum absolute atomic E-state index is 0.0929. The Morgan fingerprint density at radius 1 is 0.926 bits per heavy atom. The molecule has 0 aliphatic carbocycles. The van der Waals surface area contributed by atoms with Gasteiger partial charge < -0.3 is 5.32 Å². The molecule has 2 aromatic carbocycles. The van der Waals surface area contributed by atoms with Crippen molar-refractivity contribution in [3.8, 4) is 0 Å². The predicted octanol–water partition coefficient (Wildman–Crippen LogP) is 3.89. The van der Waals surface area contributed by atoms with Gasteiger partial charge in [-0.3, -0.25) is 4.79 Å². The Morgan fingerprint density at radius 2 is 1.52 bits per heavy atom. The van der Waals surface area contributed by atoms with Gasteiger partial charge in [0, 0.05) is 11.6 Å². The zero-order valence-electron chi connectivity index (χ0n) is 16.3. The number of rotatable bonds is 8. The molecule has 2 rings (SSSR count). The lowest BCUT2D eigenvalue weighted by Crippen LogP contribution is -2.31. The summed E-state index contributed by atoms with van der Waals surface area (Å²) < 4.78 is 26.9. The zero-order valence-corrected chi connectivity index (χ0v) is 17.1. The molecule has 0 heterocycles. The quantitative estimate of drug-likeness (QED) is 0.720. The summed E-state index contributed by atoms with van der Waals surface area (Å²) >= 11 is 0. The molecule has 0 radical (unpaired) electrons. The van der Waals surface area contributed by atoms with Crippen LogP contribution < -0.4 is 10.0 Å². The molecule has 6 heteroatoms. The Kier molecular flexibility index (Phi) is 7.16. The highest BCUT2D eigenvalue weighted by atomic mass is 32.2. The van der Waals surface area contributed by atoms with Crippen molar-refractivity contribution in [2.75, 3.05) is 0 Å². The molecule has 0 fully saturated rings. The fourth-order valence-electron chi connectivity index (χ4n) is 2.84. The van der Waals surface area contributed by atoms with Crippen LogP contribution in [0.15, 0.2) is 59.5 Å². The molecule has 0 aliphatic rings. The van der Waals surface area contributed by atoms with Gasteiger partial charge in [0.05, 0.1) is 10.9 Å². The van der Waals surface area contributed by atoms with Crippen molar-refractivity contribution in [2.45, 2.75) is 51.1 Å². The maximum Gasteiger partial charge on any atom is 0.251 e. The first-order valence-corrected chi connectivity index (χ1v) is 10.7. The Morgan fingerprint density at radius 3 is 2.04 bits per heavy atom. The highest BCUT2D eigenvalue weighted by Gasteiger charge is 2.19. The normalized spacial score (nSPS) is 13.0. The molecule has 0 bridgehead atoms. The maximum atomic E-state index is 12.7. The minimum Gasteiger partial charge on any atom is -0.345 e. The van der Waals surface area contributed by atoms with Gasteiger partial charge in [-0.25, -0.2) is 13.1 Å². The molecule has 5 nitrogen and oxygen atoms in total. The second-order valence-corrected chi connectivity index (χ2v) is 9.08. The smallest absolute Gasteiger partial charge is 0.251 e. The van der Waals surface area contributed by atoms with E-state index in [1.807, 2.05) is 30.3 Å². The van der Waals surface area contributed by atoms with E-state index in [-0.39, 0.29) is 22.9 Å². The van der Waals surface area contributed by atoms with Crippen molar-refractivity contribution in [1.29, 1.82) is 0 Å². The van der Waals surface area contributed by atoms with Gasteiger partial charge in [-0.15, -0.1) is 0 Å². The number of nitrogens with one attached hydrogen (secondary N) is 2. The topological polar surface area (TPSA) is 75.3 Å². The van der Waals surface area contributed by atoms with Gasteiger partial charge in [0.25, 0.3) is 5.91 Å². The summed E-state index contributed by atoms with van der Waals surface area (Å²) in [6.45, 7) is 7.75. The van der Waals surface area contributed by atoms with Crippen molar-refractivity contribution >= 4 is 15.9 Å². The van der Waals surface area contributed by atoms with Crippen LogP contribution in [0.25, 0.3) is 0 Å². The Hall–Kier alpha value is -2.18. The number of benzene rings is 2. The van der Waals surface area contributed by atoms with Gasteiger partial charge in [-0.05, 0) is 56.0 Å². The third kappa shape index (κ3) is 6.19. The average molecular weight is 389 g/mol. The van der Waals surface area contributed by atoms with E-state index in [1.165, 1.54) is 12.1 Å². The third-order valence-electron chi connectivity index (χ3n) is 4.03. The number of carbonyl (C=O) groups excluding carboxylic acids is 1. The molecule has 1 atom stereocenters. The summed E-state index contributed by atoms with van der Waals surface area (Å²) in [5, 5.41) is 3.07. The lowest BCUT2D eigenvalue weighted by atomic mass is 9.96. The van der Waals surface area contributed by atoms with Crippen LogP contribution in [-0.2, 0) is 10.0 Å². The molecule has 0 aromatic heterocycles. The second kappa shape index (κ2) is 9.15. The number of hydrogen-bond donors (Lipinski definition) is 2. The molecule has 1 unspecified atom stereocenters. The first-order chi connectivity index (χ1) is 12.7. The standard InChI is InChI=1S/C21H28N2O3S/c1-15(2)14-20(17-8-6-5-7-9-17)22-21(24)18-10-12-19(13-11-18)27(25,26)23-16(3)4/h5-13,15-16,20,23H,14H2,1-4H3,(H,22,24). The number of sulfonamides is 1. The lowest BCUT2D eigenvalue weighted by molar-refractivity contribution is 0.0932. The molecule has 2 aromatic rings. The molecule has 0 spiro atoms. The Bertz CT molecular complexity index is 845. The Labute approximate surface area is 162 Å². The number of amides is 1. The van der Waals surface area contributed by atoms with Crippen molar-refractivity contribution in [3.63, 3.8) is 0 Å². The van der Waals surface area contributed by atoms with Crippen molar-refractivity contribution in [1.82, 2.24) is 10.0 Å². The van der Waals surface area contributed by atoms with Gasteiger partial charge in [-0.2, -0.15) is 0 Å². The summed E-state index contributed by atoms with van der Waals surface area (Å²) in [4.78, 5) is 12.8. The first-order valence-electron chi connectivity index (χ1n) is 9.17. The minimum atomic E-state index is -3.57. The van der Waals surface area contributed by atoms with Crippen LogP contribution in [-0.4, -0.2) is 20.4 Å². The Balaban J connectivity index is 2.16. The summed E-state index contributed by atoms with van der Waals surface area (Å²) in [5.41, 5.74) is 1.49. The lowest BCUT2D eigenvalue weighted by Gasteiger charge is -2.21. The van der Waals surface area contributed by atoms with Crippen LogP contribution in [0, 0.1) is 5.92 Å². The van der Waals surface area contributed by atoms with Gasteiger partial charge in [0.2, 0.25) is 10.0 Å². The predicted molar refractivity (Wildman–Crippen MR) is 108 cm³/mol. The molecular formula is C21H28N2O3S. The van der Waals surface area contributed by atoms with E-state index in [9.17, 15) is 13.2 Å². The van der Waals surface area contributed by atoms with E-state index < -0.39 is 10.0 Å². The first kappa shape index (κ1) is 21.1. The van der Waals surface area contributed by atoms with Gasteiger partial charge >= 0.3 is 0 Å². The average Bonchev–Trinajstić information content (AvgIpc) is 2.60. The van der Waals surface area contributed by atoms with E-state index >= 15 is 0 Å². The summed E-state index contributed by atoms with van der Waals surface area (Å²) in [6, 6.07) is 15.6. The highest BCUT2D eigenvalue weighted by molar-refractivity contribution is 7.89. The van der Waals surface area contributed by atoms with Crippen LogP contribution in [0.2, 0.25) is 0 Å². The van der Waals surface area contributed by atoms with Crippen LogP contribution >= 0.6 is 0 Å². The van der Waals surface area contributed by atoms with Crippen molar-refractivity contribution in [3.05, 3.63) is 65.7 Å². The van der Waals surface area contributed by atoms with Crippen LogP contribution in [0.3, 0.4) is 0 Å². The molecule has 146 valence electrons. The van der Waals surface area contributed by atoms with Crippen molar-refractivity contribution in [2.24, 2.45) is 5.92 Å². The largest absolute Gasteiger partial charge is 0.345 e.